The molecule has 0 heterocycles. The first-order chi connectivity index (χ1) is 6.36. The van der Waals surface area contributed by atoms with Crippen LogP contribution >= 0.6 is 0 Å². The van der Waals surface area contributed by atoms with Gasteiger partial charge in [0.15, 0.2) is 0 Å². The van der Waals surface area contributed by atoms with Crippen LogP contribution in [0.2, 0.25) is 0 Å². The van der Waals surface area contributed by atoms with Crippen molar-refractivity contribution in [2.24, 2.45) is 11.5 Å². The van der Waals surface area contributed by atoms with E-state index in [9.17, 15) is 13.2 Å². The number of hydrogen-bond acceptors (Lipinski definition) is 4. The van der Waals surface area contributed by atoms with Gasteiger partial charge in [0, 0.05) is 13.1 Å². The molecule has 7 heteroatoms. The molecule has 84 valence electrons. The quantitative estimate of drug-likeness (QED) is 0.569. The van der Waals surface area contributed by atoms with Crippen LogP contribution in [-0.2, 0) is 14.8 Å². The van der Waals surface area contributed by atoms with E-state index in [1.165, 1.54) is 6.92 Å². The van der Waals surface area contributed by atoms with Gasteiger partial charge >= 0.3 is 0 Å². The summed E-state index contributed by atoms with van der Waals surface area (Å²) in [6.45, 7) is 3.10. The summed E-state index contributed by atoms with van der Waals surface area (Å²) in [4.78, 5) is 10.6. The highest BCUT2D eigenvalue weighted by molar-refractivity contribution is 7.89. The van der Waals surface area contributed by atoms with Crippen LogP contribution in [0.15, 0.2) is 0 Å². The molecule has 0 aliphatic heterocycles. The van der Waals surface area contributed by atoms with Gasteiger partial charge in [-0.2, -0.15) is 4.31 Å². The molecule has 14 heavy (non-hydrogen) atoms. The molecule has 0 rings (SSSR count). The van der Waals surface area contributed by atoms with E-state index in [-0.39, 0.29) is 19.6 Å². The maximum atomic E-state index is 11.7. The molecule has 1 unspecified atom stereocenters. The Morgan fingerprint density at radius 1 is 1.50 bits per heavy atom. The second-order valence-electron chi connectivity index (χ2n) is 2.98. The van der Waals surface area contributed by atoms with Crippen molar-refractivity contribution in [3.63, 3.8) is 0 Å². The lowest BCUT2D eigenvalue weighted by atomic mass is 10.5. The first-order valence-electron chi connectivity index (χ1n) is 4.33. The zero-order chi connectivity index (χ0) is 11.4. The number of nitrogens with two attached hydrogens (primary N) is 2. The average Bonchev–Trinajstić information content (AvgIpc) is 2.12. The molecule has 1 amide bonds. The van der Waals surface area contributed by atoms with Crippen molar-refractivity contribution in [3.05, 3.63) is 0 Å². The average molecular weight is 223 g/mol. The molecule has 0 bridgehead atoms. The number of rotatable bonds is 6. The van der Waals surface area contributed by atoms with Crippen molar-refractivity contribution in [1.82, 2.24) is 4.31 Å². The van der Waals surface area contributed by atoms with Crippen molar-refractivity contribution in [1.29, 1.82) is 0 Å². The highest BCUT2D eigenvalue weighted by Crippen LogP contribution is 2.06. The topological polar surface area (TPSA) is 106 Å². The van der Waals surface area contributed by atoms with E-state index in [0.29, 0.717) is 0 Å². The molecular weight excluding hydrogens is 206 g/mol. The third-order valence-electron chi connectivity index (χ3n) is 1.89. The molecule has 0 fully saturated rings. The van der Waals surface area contributed by atoms with E-state index in [2.05, 4.69) is 0 Å². The van der Waals surface area contributed by atoms with Crippen LogP contribution in [0.3, 0.4) is 0 Å². The fourth-order valence-electron chi connectivity index (χ4n) is 0.932. The highest BCUT2D eigenvalue weighted by Gasteiger charge is 2.27. The molecular formula is C7H17N3O3S. The normalized spacial score (nSPS) is 14.3. The molecule has 0 aromatic rings. The molecule has 0 saturated carbocycles. The van der Waals surface area contributed by atoms with Gasteiger partial charge in [-0.3, -0.25) is 4.79 Å². The number of nitrogens with zero attached hydrogens (tertiary/aromatic N) is 1. The van der Waals surface area contributed by atoms with E-state index in [0.717, 1.165) is 4.31 Å². The monoisotopic (exact) mass is 223 g/mol. The van der Waals surface area contributed by atoms with E-state index in [1.807, 2.05) is 0 Å². The van der Waals surface area contributed by atoms with Crippen LogP contribution in [0.5, 0.6) is 0 Å². The summed E-state index contributed by atoms with van der Waals surface area (Å²) in [6, 6.07) is 0. The van der Waals surface area contributed by atoms with Crippen molar-refractivity contribution in [3.8, 4) is 0 Å². The molecule has 0 spiro atoms. The predicted octanol–water partition coefficient (Wildman–Crippen LogP) is -1.53. The van der Waals surface area contributed by atoms with Gasteiger partial charge in [0.2, 0.25) is 15.9 Å². The van der Waals surface area contributed by atoms with Crippen molar-refractivity contribution < 1.29 is 13.2 Å². The van der Waals surface area contributed by atoms with Crippen molar-refractivity contribution in [2.45, 2.75) is 19.1 Å². The van der Waals surface area contributed by atoms with E-state index in [4.69, 9.17) is 11.5 Å². The molecule has 6 nitrogen and oxygen atoms in total. The van der Waals surface area contributed by atoms with Crippen LogP contribution in [0.4, 0.5) is 0 Å². The number of primary amides is 1. The van der Waals surface area contributed by atoms with Crippen LogP contribution in [0.25, 0.3) is 0 Å². The Balaban J connectivity index is 4.75. The Kier molecular flexibility index (Phi) is 5.03. The third-order valence-corrected chi connectivity index (χ3v) is 4.20. The predicted molar refractivity (Wildman–Crippen MR) is 53.9 cm³/mol. The van der Waals surface area contributed by atoms with Crippen molar-refractivity contribution in [2.75, 3.05) is 19.6 Å². The largest absolute Gasteiger partial charge is 0.369 e. The molecule has 0 radical (unpaired) electrons. The van der Waals surface area contributed by atoms with E-state index in [1.54, 1.807) is 6.92 Å². The number of likely N-dealkylation sites (N-methyl/N-ethyl adjacent to an activating group) is 1. The molecule has 0 aromatic carbocycles. The number of amides is 1. The smallest absolute Gasteiger partial charge is 0.232 e. The summed E-state index contributed by atoms with van der Waals surface area (Å²) in [6.07, 6.45) is 0. The molecule has 0 aliphatic rings. The van der Waals surface area contributed by atoms with Crippen LogP contribution in [-0.4, -0.2) is 43.5 Å². The summed E-state index contributed by atoms with van der Waals surface area (Å²) in [5, 5.41) is -0.693. The molecule has 0 aromatic heterocycles. The SMILES string of the molecule is CCN(CC(N)=O)S(=O)(=O)C(C)CN. The second kappa shape index (κ2) is 5.28. The standard InChI is InChI=1S/C7H17N3O3S/c1-3-10(5-7(9)11)14(12,13)6(2)4-8/h6H,3-5,8H2,1-2H3,(H2,9,11). The van der Waals surface area contributed by atoms with Crippen molar-refractivity contribution >= 4 is 15.9 Å². The number of carbonyl (C=O) groups is 1. The maximum Gasteiger partial charge on any atom is 0.232 e. The van der Waals surface area contributed by atoms with E-state index < -0.39 is 21.2 Å². The minimum absolute atomic E-state index is 0.0254. The number of hydrogen-bond donors (Lipinski definition) is 2. The van der Waals surface area contributed by atoms with Gasteiger partial charge in [-0.05, 0) is 6.92 Å². The summed E-state index contributed by atoms with van der Waals surface area (Å²) < 4.78 is 24.4. The molecule has 4 N–H and O–H groups in total. The lowest BCUT2D eigenvalue weighted by Crippen LogP contribution is -2.44. The minimum Gasteiger partial charge on any atom is -0.369 e. The second-order valence-corrected chi connectivity index (χ2v) is 5.33. The van der Waals surface area contributed by atoms with Gasteiger partial charge in [0.25, 0.3) is 0 Å². The van der Waals surface area contributed by atoms with Gasteiger partial charge in [-0.15, -0.1) is 0 Å². The molecule has 0 saturated heterocycles. The highest BCUT2D eigenvalue weighted by atomic mass is 32.2. The van der Waals surface area contributed by atoms with Gasteiger partial charge in [0.1, 0.15) is 0 Å². The number of sulfonamides is 1. The molecule has 1 atom stereocenters. The summed E-state index contributed by atoms with van der Waals surface area (Å²) in [5.74, 6) is -0.667. The zero-order valence-electron chi connectivity index (χ0n) is 8.43. The fourth-order valence-corrected chi connectivity index (χ4v) is 2.35. The Labute approximate surface area is 84.3 Å². The van der Waals surface area contributed by atoms with Gasteiger partial charge in [-0.25, -0.2) is 8.42 Å². The van der Waals surface area contributed by atoms with Crippen LogP contribution < -0.4 is 11.5 Å². The first kappa shape index (κ1) is 13.3. The Morgan fingerprint density at radius 2 is 2.00 bits per heavy atom. The van der Waals surface area contributed by atoms with Gasteiger partial charge in [0.05, 0.1) is 11.8 Å². The lowest BCUT2D eigenvalue weighted by molar-refractivity contribution is -0.118. The summed E-state index contributed by atoms with van der Waals surface area (Å²) in [7, 11) is -3.49. The van der Waals surface area contributed by atoms with Gasteiger partial charge in [-0.1, -0.05) is 6.92 Å². The first-order valence-corrected chi connectivity index (χ1v) is 5.83. The zero-order valence-corrected chi connectivity index (χ0v) is 9.25. The maximum absolute atomic E-state index is 11.7. The Hall–Kier alpha value is -0.660. The summed E-state index contributed by atoms with van der Waals surface area (Å²) in [5.41, 5.74) is 10.2. The minimum atomic E-state index is -3.49. The molecule has 0 aliphatic carbocycles. The summed E-state index contributed by atoms with van der Waals surface area (Å²) >= 11 is 0. The van der Waals surface area contributed by atoms with Crippen LogP contribution in [0, 0.1) is 0 Å². The van der Waals surface area contributed by atoms with E-state index >= 15 is 0 Å². The third kappa shape index (κ3) is 3.24. The Bertz CT molecular complexity index is 289. The fraction of sp³-hybridized carbons (Fsp3) is 0.857. The number of carbonyl (C=O) groups excluding carboxylic acids is 1. The van der Waals surface area contributed by atoms with Gasteiger partial charge < -0.3 is 11.5 Å². The lowest BCUT2D eigenvalue weighted by Gasteiger charge is -2.22. The Morgan fingerprint density at radius 3 is 2.29 bits per heavy atom. The van der Waals surface area contributed by atoms with Crippen LogP contribution in [0.1, 0.15) is 13.8 Å².